The van der Waals surface area contributed by atoms with Gasteiger partial charge in [0.25, 0.3) is 0 Å². The van der Waals surface area contributed by atoms with Crippen LogP contribution in [0.4, 0.5) is 5.95 Å². The van der Waals surface area contributed by atoms with Crippen molar-refractivity contribution in [3.05, 3.63) is 82.8 Å². The summed E-state index contributed by atoms with van der Waals surface area (Å²) >= 11 is 1.49. The van der Waals surface area contributed by atoms with Crippen molar-refractivity contribution in [1.29, 1.82) is 0 Å². The lowest BCUT2D eigenvalue weighted by Gasteiger charge is -2.22. The summed E-state index contributed by atoms with van der Waals surface area (Å²) in [5.74, 6) is 1.43. The average molecular weight is 402 g/mol. The number of thiazole rings is 1. The van der Waals surface area contributed by atoms with Gasteiger partial charge in [-0.25, -0.2) is 24.9 Å². The molecule has 0 atom stereocenters. The smallest absolute Gasteiger partial charge is 0.225 e. The van der Waals surface area contributed by atoms with E-state index >= 15 is 0 Å². The van der Waals surface area contributed by atoms with E-state index in [0.29, 0.717) is 12.5 Å². The number of anilines is 1. The molecule has 0 spiro atoms. The molecule has 0 aliphatic rings. The van der Waals surface area contributed by atoms with Crippen LogP contribution >= 0.6 is 11.3 Å². The van der Waals surface area contributed by atoms with E-state index in [2.05, 4.69) is 42.3 Å². The second kappa shape index (κ2) is 9.34. The number of hydrogen-bond acceptors (Lipinski definition) is 7. The molecule has 7 heteroatoms. The molecule has 0 N–H and O–H groups in total. The first-order chi connectivity index (χ1) is 14.3. The van der Waals surface area contributed by atoms with E-state index < -0.39 is 0 Å². The Hall–Kier alpha value is -3.19. The molecule has 0 amide bonds. The lowest BCUT2D eigenvalue weighted by Crippen LogP contribution is -2.27. The predicted octanol–water partition coefficient (Wildman–Crippen LogP) is 4.00. The molecule has 0 bridgehead atoms. The van der Waals surface area contributed by atoms with E-state index in [1.807, 2.05) is 60.5 Å². The van der Waals surface area contributed by atoms with Gasteiger partial charge >= 0.3 is 0 Å². The summed E-state index contributed by atoms with van der Waals surface area (Å²) in [5.41, 5.74) is 7.07. The zero-order valence-corrected chi connectivity index (χ0v) is 17.0. The standard InChI is InChI=1S/C22H21N6S/c1-2-17-10-25-22(26-11-17)28(9-8-20-15-29-16-27-20)14-18-12-23-21(24-13-18)19-6-4-3-5-7-19/h3-7,10-13,15H,2,8-9,14H2,1H3. The van der Waals surface area contributed by atoms with Crippen LogP contribution in [0.15, 0.2) is 60.5 Å². The van der Waals surface area contributed by atoms with Gasteiger partial charge in [-0.2, -0.15) is 0 Å². The fourth-order valence-electron chi connectivity index (χ4n) is 2.91. The highest BCUT2D eigenvalue weighted by molar-refractivity contribution is 7.07. The average Bonchev–Trinajstić information content (AvgIpc) is 3.31. The number of rotatable bonds is 8. The second-order valence-corrected chi connectivity index (χ2v) is 7.28. The van der Waals surface area contributed by atoms with Gasteiger partial charge in [0.05, 0.1) is 5.69 Å². The van der Waals surface area contributed by atoms with Crippen molar-refractivity contribution in [1.82, 2.24) is 24.9 Å². The third kappa shape index (κ3) is 5.00. The summed E-state index contributed by atoms with van der Waals surface area (Å²) < 4.78 is 0. The Bertz CT molecular complexity index is 1000. The SMILES string of the molecule is CCc1cnc(N(CCc2cs[c]n2)Cc2cnc(-c3ccccc3)nc2)nc1. The van der Waals surface area contributed by atoms with E-state index in [9.17, 15) is 0 Å². The first kappa shape index (κ1) is 19.1. The molecule has 4 rings (SSSR count). The number of aromatic nitrogens is 5. The summed E-state index contributed by atoms with van der Waals surface area (Å²) in [6.07, 6.45) is 9.26. The predicted molar refractivity (Wildman–Crippen MR) is 115 cm³/mol. The molecule has 1 aromatic carbocycles. The van der Waals surface area contributed by atoms with Crippen molar-refractivity contribution < 1.29 is 0 Å². The van der Waals surface area contributed by atoms with Crippen molar-refractivity contribution >= 4 is 17.3 Å². The molecule has 29 heavy (non-hydrogen) atoms. The minimum absolute atomic E-state index is 0.633. The quantitative estimate of drug-likeness (QED) is 0.444. The van der Waals surface area contributed by atoms with Gasteiger partial charge in [0.1, 0.15) is 0 Å². The Morgan fingerprint density at radius 2 is 1.66 bits per heavy atom. The Labute approximate surface area is 174 Å². The number of aryl methyl sites for hydroxylation is 1. The van der Waals surface area contributed by atoms with Gasteiger partial charge in [-0.1, -0.05) is 37.3 Å². The first-order valence-corrected chi connectivity index (χ1v) is 10.4. The molecular weight excluding hydrogens is 380 g/mol. The first-order valence-electron chi connectivity index (χ1n) is 9.54. The van der Waals surface area contributed by atoms with Gasteiger partial charge in [0, 0.05) is 60.8 Å². The zero-order chi connectivity index (χ0) is 19.9. The molecular formula is C22H21N6S. The van der Waals surface area contributed by atoms with Crippen molar-refractivity contribution in [2.45, 2.75) is 26.3 Å². The highest BCUT2D eigenvalue weighted by Crippen LogP contribution is 2.16. The Morgan fingerprint density at radius 3 is 2.31 bits per heavy atom. The second-order valence-electron chi connectivity index (χ2n) is 6.63. The van der Waals surface area contributed by atoms with Crippen molar-refractivity contribution in [3.8, 4) is 11.4 Å². The van der Waals surface area contributed by atoms with Crippen LogP contribution < -0.4 is 4.90 Å². The van der Waals surface area contributed by atoms with Gasteiger partial charge in [-0.3, -0.25) is 0 Å². The molecule has 0 aliphatic heterocycles. The third-order valence-electron chi connectivity index (χ3n) is 4.57. The summed E-state index contributed by atoms with van der Waals surface area (Å²) in [4.78, 5) is 24.6. The van der Waals surface area contributed by atoms with E-state index in [-0.39, 0.29) is 0 Å². The zero-order valence-electron chi connectivity index (χ0n) is 16.2. The van der Waals surface area contributed by atoms with Crippen molar-refractivity contribution in [3.63, 3.8) is 0 Å². The van der Waals surface area contributed by atoms with E-state index in [4.69, 9.17) is 0 Å². The van der Waals surface area contributed by atoms with Gasteiger partial charge in [-0.05, 0) is 12.0 Å². The maximum atomic E-state index is 4.56. The molecule has 0 fully saturated rings. The van der Waals surface area contributed by atoms with Crippen LogP contribution in [0.2, 0.25) is 0 Å². The molecule has 0 aliphatic carbocycles. The normalized spacial score (nSPS) is 10.8. The summed E-state index contributed by atoms with van der Waals surface area (Å²) in [6.45, 7) is 3.48. The van der Waals surface area contributed by atoms with Gasteiger partial charge in [0.2, 0.25) is 5.95 Å². The number of benzene rings is 1. The maximum absolute atomic E-state index is 4.56. The molecule has 4 aromatic rings. The summed E-state index contributed by atoms with van der Waals surface area (Å²) in [5, 5.41) is 2.02. The van der Waals surface area contributed by atoms with Crippen LogP contribution in [0, 0.1) is 5.51 Å². The molecule has 3 heterocycles. The molecule has 0 unspecified atom stereocenters. The van der Waals surface area contributed by atoms with E-state index in [1.54, 1.807) is 0 Å². The third-order valence-corrected chi connectivity index (χ3v) is 5.15. The lowest BCUT2D eigenvalue weighted by molar-refractivity contribution is 0.738. The Balaban J connectivity index is 1.52. The molecule has 145 valence electrons. The molecule has 0 saturated heterocycles. The van der Waals surface area contributed by atoms with Gasteiger partial charge in [0.15, 0.2) is 11.3 Å². The van der Waals surface area contributed by atoms with Gasteiger partial charge in [-0.15, -0.1) is 11.3 Å². The molecule has 6 nitrogen and oxygen atoms in total. The van der Waals surface area contributed by atoms with Crippen molar-refractivity contribution in [2.75, 3.05) is 11.4 Å². The van der Waals surface area contributed by atoms with Crippen LogP contribution in [0.3, 0.4) is 0 Å². The van der Waals surface area contributed by atoms with E-state index in [0.717, 1.165) is 47.6 Å². The summed E-state index contributed by atoms with van der Waals surface area (Å²) in [7, 11) is 0. The number of hydrogen-bond donors (Lipinski definition) is 0. The monoisotopic (exact) mass is 401 g/mol. The van der Waals surface area contributed by atoms with Crippen LogP contribution in [-0.2, 0) is 19.4 Å². The molecule has 0 saturated carbocycles. The van der Waals surface area contributed by atoms with Crippen molar-refractivity contribution in [2.24, 2.45) is 0 Å². The van der Waals surface area contributed by atoms with Crippen LogP contribution in [0.5, 0.6) is 0 Å². The van der Waals surface area contributed by atoms with Gasteiger partial charge < -0.3 is 4.90 Å². The van der Waals surface area contributed by atoms with Crippen LogP contribution in [0.25, 0.3) is 11.4 Å². The fraction of sp³-hybridized carbons (Fsp3) is 0.227. The highest BCUT2D eigenvalue weighted by atomic mass is 32.1. The molecule has 1 radical (unpaired) electrons. The number of nitrogens with zero attached hydrogens (tertiary/aromatic N) is 6. The maximum Gasteiger partial charge on any atom is 0.225 e. The van der Waals surface area contributed by atoms with Crippen LogP contribution in [0.1, 0.15) is 23.7 Å². The lowest BCUT2D eigenvalue weighted by atomic mass is 10.2. The molecule has 3 aromatic heterocycles. The van der Waals surface area contributed by atoms with E-state index in [1.165, 1.54) is 11.3 Å². The summed E-state index contributed by atoms with van der Waals surface area (Å²) in [6, 6.07) is 9.98. The Morgan fingerprint density at radius 1 is 0.931 bits per heavy atom. The highest BCUT2D eigenvalue weighted by Gasteiger charge is 2.12. The topological polar surface area (TPSA) is 67.7 Å². The largest absolute Gasteiger partial charge is 0.336 e. The fourth-order valence-corrected chi connectivity index (χ4v) is 3.44. The Kier molecular flexibility index (Phi) is 6.16. The minimum atomic E-state index is 0.633. The minimum Gasteiger partial charge on any atom is -0.336 e. The van der Waals surface area contributed by atoms with Crippen LogP contribution in [-0.4, -0.2) is 31.5 Å².